The highest BCUT2D eigenvalue weighted by molar-refractivity contribution is 5.79. The second-order valence-corrected chi connectivity index (χ2v) is 6.64. The van der Waals surface area contributed by atoms with Crippen molar-refractivity contribution in [3.05, 3.63) is 0 Å². The lowest BCUT2D eigenvalue weighted by atomic mass is 9.83. The molecule has 1 saturated carbocycles. The number of piperidine rings is 1. The number of hydrogen-bond acceptors (Lipinski definition) is 3. The molecule has 0 N–H and O–H groups in total. The second kappa shape index (κ2) is 6.90. The Balaban J connectivity index is 1.34. The van der Waals surface area contributed by atoms with Crippen LogP contribution in [0.4, 0.5) is 0 Å². The van der Waals surface area contributed by atoms with Crippen molar-refractivity contribution >= 4 is 5.91 Å². The SMILES string of the molecule is O=C(C1CCC1)N1CCC(CCN2CCOCC2)CC1. The third-order valence-electron chi connectivity index (χ3n) is 5.34. The van der Waals surface area contributed by atoms with Crippen molar-refractivity contribution in [1.29, 1.82) is 0 Å². The molecule has 0 radical (unpaired) electrons. The Morgan fingerprint density at radius 1 is 1.00 bits per heavy atom. The molecule has 4 heteroatoms. The number of ether oxygens (including phenoxy) is 1. The van der Waals surface area contributed by atoms with Crippen LogP contribution >= 0.6 is 0 Å². The molecule has 1 amide bonds. The minimum absolute atomic E-state index is 0.375. The quantitative estimate of drug-likeness (QED) is 0.786. The van der Waals surface area contributed by atoms with E-state index in [0.29, 0.717) is 11.8 Å². The van der Waals surface area contributed by atoms with Gasteiger partial charge < -0.3 is 9.64 Å². The van der Waals surface area contributed by atoms with Crippen molar-refractivity contribution in [3.8, 4) is 0 Å². The summed E-state index contributed by atoms with van der Waals surface area (Å²) < 4.78 is 5.38. The lowest BCUT2D eigenvalue weighted by Crippen LogP contribution is -2.44. The Bertz CT molecular complexity index is 316. The largest absolute Gasteiger partial charge is 0.379 e. The Morgan fingerprint density at radius 3 is 2.30 bits per heavy atom. The van der Waals surface area contributed by atoms with Crippen LogP contribution in [-0.2, 0) is 9.53 Å². The van der Waals surface area contributed by atoms with Crippen LogP contribution in [0.25, 0.3) is 0 Å². The maximum absolute atomic E-state index is 12.2. The highest BCUT2D eigenvalue weighted by Gasteiger charge is 2.31. The number of likely N-dealkylation sites (tertiary alicyclic amines) is 1. The summed E-state index contributed by atoms with van der Waals surface area (Å²) in [6, 6.07) is 0. The third-order valence-corrected chi connectivity index (χ3v) is 5.34. The molecular formula is C16H28N2O2. The van der Waals surface area contributed by atoms with Gasteiger partial charge in [-0.3, -0.25) is 9.69 Å². The topological polar surface area (TPSA) is 32.8 Å². The molecule has 0 aromatic carbocycles. The summed E-state index contributed by atoms with van der Waals surface area (Å²) in [5, 5.41) is 0. The molecular weight excluding hydrogens is 252 g/mol. The van der Waals surface area contributed by atoms with Crippen molar-refractivity contribution in [3.63, 3.8) is 0 Å². The van der Waals surface area contributed by atoms with Crippen LogP contribution in [0.15, 0.2) is 0 Å². The van der Waals surface area contributed by atoms with Crippen LogP contribution in [0.5, 0.6) is 0 Å². The standard InChI is InChI=1S/C16H28N2O2/c19-16(15-2-1-3-15)18-8-5-14(6-9-18)4-7-17-10-12-20-13-11-17/h14-15H,1-13H2. The number of nitrogens with zero attached hydrogens (tertiary/aromatic N) is 2. The zero-order valence-corrected chi connectivity index (χ0v) is 12.6. The van der Waals surface area contributed by atoms with E-state index in [1.165, 1.54) is 32.2 Å². The van der Waals surface area contributed by atoms with E-state index in [2.05, 4.69) is 9.80 Å². The molecule has 20 heavy (non-hydrogen) atoms. The first-order valence-electron chi connectivity index (χ1n) is 8.42. The maximum Gasteiger partial charge on any atom is 0.225 e. The number of carbonyl (C=O) groups is 1. The van der Waals surface area contributed by atoms with Crippen LogP contribution in [-0.4, -0.2) is 61.6 Å². The van der Waals surface area contributed by atoms with Crippen molar-refractivity contribution in [2.75, 3.05) is 45.9 Å². The van der Waals surface area contributed by atoms with Gasteiger partial charge in [0, 0.05) is 32.1 Å². The monoisotopic (exact) mass is 280 g/mol. The fourth-order valence-corrected chi connectivity index (χ4v) is 3.55. The van der Waals surface area contributed by atoms with Gasteiger partial charge in [-0.2, -0.15) is 0 Å². The smallest absolute Gasteiger partial charge is 0.225 e. The molecule has 2 aliphatic heterocycles. The van der Waals surface area contributed by atoms with Gasteiger partial charge in [-0.15, -0.1) is 0 Å². The van der Waals surface area contributed by atoms with Crippen molar-refractivity contribution in [1.82, 2.24) is 9.80 Å². The van der Waals surface area contributed by atoms with E-state index in [0.717, 1.165) is 58.2 Å². The molecule has 2 heterocycles. The van der Waals surface area contributed by atoms with Gasteiger partial charge in [-0.05, 0) is 44.6 Å². The van der Waals surface area contributed by atoms with Gasteiger partial charge in [-0.25, -0.2) is 0 Å². The van der Waals surface area contributed by atoms with Gasteiger partial charge in [0.1, 0.15) is 0 Å². The number of hydrogen-bond donors (Lipinski definition) is 0. The molecule has 114 valence electrons. The summed E-state index contributed by atoms with van der Waals surface area (Å²) in [6.07, 6.45) is 7.25. The average Bonchev–Trinajstić information content (AvgIpc) is 2.45. The Morgan fingerprint density at radius 2 is 1.70 bits per heavy atom. The van der Waals surface area contributed by atoms with E-state index in [9.17, 15) is 4.79 Å². The number of morpholine rings is 1. The molecule has 1 aliphatic carbocycles. The molecule has 3 fully saturated rings. The number of rotatable bonds is 4. The van der Waals surface area contributed by atoms with Crippen LogP contribution in [0, 0.1) is 11.8 Å². The number of carbonyl (C=O) groups excluding carboxylic acids is 1. The molecule has 0 bridgehead atoms. The lowest BCUT2D eigenvalue weighted by molar-refractivity contribution is -0.139. The summed E-state index contributed by atoms with van der Waals surface area (Å²) in [6.45, 7) is 7.21. The minimum Gasteiger partial charge on any atom is -0.379 e. The summed E-state index contributed by atoms with van der Waals surface area (Å²) >= 11 is 0. The van der Waals surface area contributed by atoms with Gasteiger partial charge in [0.2, 0.25) is 5.91 Å². The third kappa shape index (κ3) is 3.53. The molecule has 0 aromatic rings. The predicted molar refractivity (Wildman–Crippen MR) is 78.5 cm³/mol. The lowest BCUT2D eigenvalue weighted by Gasteiger charge is -2.37. The van der Waals surface area contributed by atoms with E-state index < -0.39 is 0 Å². The molecule has 3 aliphatic rings. The second-order valence-electron chi connectivity index (χ2n) is 6.64. The van der Waals surface area contributed by atoms with E-state index in [4.69, 9.17) is 4.74 Å². The van der Waals surface area contributed by atoms with E-state index in [-0.39, 0.29) is 0 Å². The first-order chi connectivity index (χ1) is 9.83. The Labute approximate surface area is 122 Å². The average molecular weight is 280 g/mol. The van der Waals surface area contributed by atoms with Gasteiger partial charge in [0.25, 0.3) is 0 Å². The zero-order valence-electron chi connectivity index (χ0n) is 12.6. The van der Waals surface area contributed by atoms with Crippen molar-refractivity contribution in [2.45, 2.75) is 38.5 Å². The maximum atomic E-state index is 12.2. The molecule has 0 atom stereocenters. The van der Waals surface area contributed by atoms with Crippen LogP contribution in [0.3, 0.4) is 0 Å². The predicted octanol–water partition coefficient (Wildman–Crippen LogP) is 1.75. The van der Waals surface area contributed by atoms with Gasteiger partial charge >= 0.3 is 0 Å². The summed E-state index contributed by atoms with van der Waals surface area (Å²) in [4.78, 5) is 16.9. The van der Waals surface area contributed by atoms with Crippen LogP contribution in [0.2, 0.25) is 0 Å². The first kappa shape index (κ1) is 14.3. The highest BCUT2D eigenvalue weighted by atomic mass is 16.5. The Hall–Kier alpha value is -0.610. The van der Waals surface area contributed by atoms with E-state index in [1.54, 1.807) is 0 Å². The normalized spacial score (nSPS) is 26.5. The van der Waals surface area contributed by atoms with E-state index in [1.807, 2.05) is 0 Å². The van der Waals surface area contributed by atoms with Gasteiger partial charge in [0.05, 0.1) is 13.2 Å². The zero-order chi connectivity index (χ0) is 13.8. The van der Waals surface area contributed by atoms with Crippen LogP contribution in [0.1, 0.15) is 38.5 Å². The molecule has 0 unspecified atom stereocenters. The van der Waals surface area contributed by atoms with Crippen molar-refractivity contribution in [2.24, 2.45) is 11.8 Å². The first-order valence-corrected chi connectivity index (χ1v) is 8.42. The fraction of sp³-hybridized carbons (Fsp3) is 0.938. The Kier molecular flexibility index (Phi) is 4.94. The van der Waals surface area contributed by atoms with Gasteiger partial charge in [-0.1, -0.05) is 6.42 Å². The molecule has 4 nitrogen and oxygen atoms in total. The minimum atomic E-state index is 0.375. The summed E-state index contributed by atoms with van der Waals surface area (Å²) in [5.41, 5.74) is 0. The fourth-order valence-electron chi connectivity index (χ4n) is 3.55. The molecule has 3 rings (SSSR count). The van der Waals surface area contributed by atoms with Crippen molar-refractivity contribution < 1.29 is 9.53 Å². The summed E-state index contributed by atoms with van der Waals surface area (Å²) in [7, 11) is 0. The molecule has 0 aromatic heterocycles. The van der Waals surface area contributed by atoms with Crippen LogP contribution < -0.4 is 0 Å². The highest BCUT2D eigenvalue weighted by Crippen LogP contribution is 2.30. The van der Waals surface area contributed by atoms with Gasteiger partial charge in [0.15, 0.2) is 0 Å². The number of amides is 1. The summed E-state index contributed by atoms with van der Waals surface area (Å²) in [5.74, 6) is 1.64. The molecule has 2 saturated heterocycles. The molecule has 0 spiro atoms. The van der Waals surface area contributed by atoms with E-state index >= 15 is 0 Å².